The van der Waals surface area contributed by atoms with Crippen molar-refractivity contribution < 1.29 is 9.53 Å². The third-order valence-electron chi connectivity index (χ3n) is 4.28. The molecule has 0 radical (unpaired) electrons. The molecule has 144 valence electrons. The van der Waals surface area contributed by atoms with Gasteiger partial charge in [0.1, 0.15) is 5.60 Å². The van der Waals surface area contributed by atoms with Crippen LogP contribution in [0.25, 0.3) is 11.3 Å². The highest BCUT2D eigenvalue weighted by atomic mass is 35.5. The summed E-state index contributed by atoms with van der Waals surface area (Å²) in [5, 5.41) is 4.08. The highest BCUT2D eigenvalue weighted by Crippen LogP contribution is 2.22. The molecule has 1 aromatic carbocycles. The Labute approximate surface area is 164 Å². The summed E-state index contributed by atoms with van der Waals surface area (Å²) in [5.74, 6) is 0.596. The fourth-order valence-electron chi connectivity index (χ4n) is 2.93. The van der Waals surface area contributed by atoms with Crippen LogP contribution in [0.2, 0.25) is 5.02 Å². The molecule has 1 aliphatic rings. The minimum absolute atomic E-state index is 0.226. The van der Waals surface area contributed by atoms with E-state index in [4.69, 9.17) is 16.3 Å². The van der Waals surface area contributed by atoms with E-state index >= 15 is 0 Å². The molecule has 0 spiro atoms. The Balaban J connectivity index is 1.57. The zero-order chi connectivity index (χ0) is 19.4. The number of carbonyl (C=O) groups is 1. The molecular weight excluding hydrogens is 364 g/mol. The van der Waals surface area contributed by atoms with Crippen molar-refractivity contribution in [3.05, 3.63) is 41.6 Å². The average Bonchev–Trinajstić information content (AvgIpc) is 2.62. The summed E-state index contributed by atoms with van der Waals surface area (Å²) in [5.41, 5.74) is 1.36. The number of likely N-dealkylation sites (tertiary alicyclic amines) is 1. The van der Waals surface area contributed by atoms with Crippen LogP contribution in [0.5, 0.6) is 0 Å². The first kappa shape index (κ1) is 19.4. The van der Waals surface area contributed by atoms with E-state index < -0.39 is 5.60 Å². The van der Waals surface area contributed by atoms with Crippen LogP contribution >= 0.6 is 11.6 Å². The van der Waals surface area contributed by atoms with Crippen molar-refractivity contribution in [2.75, 3.05) is 18.4 Å². The number of benzene rings is 1. The van der Waals surface area contributed by atoms with Crippen molar-refractivity contribution in [1.29, 1.82) is 0 Å². The van der Waals surface area contributed by atoms with E-state index in [1.54, 1.807) is 11.1 Å². The van der Waals surface area contributed by atoms with Crippen LogP contribution in [0.1, 0.15) is 33.6 Å². The van der Waals surface area contributed by atoms with Crippen molar-refractivity contribution >= 4 is 23.6 Å². The monoisotopic (exact) mass is 388 g/mol. The van der Waals surface area contributed by atoms with Gasteiger partial charge in [0.15, 0.2) is 0 Å². The summed E-state index contributed by atoms with van der Waals surface area (Å²) in [6, 6.07) is 9.67. The number of aromatic nitrogens is 2. The topological polar surface area (TPSA) is 67.3 Å². The van der Waals surface area contributed by atoms with Crippen LogP contribution in [0, 0.1) is 0 Å². The number of anilines is 1. The molecule has 6 nitrogen and oxygen atoms in total. The lowest BCUT2D eigenvalue weighted by Gasteiger charge is -2.33. The van der Waals surface area contributed by atoms with Crippen LogP contribution < -0.4 is 5.32 Å². The molecule has 1 N–H and O–H groups in total. The van der Waals surface area contributed by atoms with Crippen LogP contribution in [-0.2, 0) is 4.74 Å². The number of rotatable bonds is 3. The summed E-state index contributed by atoms with van der Waals surface area (Å²) in [4.78, 5) is 22.8. The molecule has 1 aromatic heterocycles. The first-order valence-electron chi connectivity index (χ1n) is 9.13. The van der Waals surface area contributed by atoms with E-state index in [0.29, 0.717) is 24.1 Å². The van der Waals surface area contributed by atoms with Gasteiger partial charge in [-0.05, 0) is 51.8 Å². The fraction of sp³-hybridized carbons (Fsp3) is 0.450. The lowest BCUT2D eigenvalue weighted by Crippen LogP contribution is -2.44. The SMILES string of the molecule is CC(C)(C)OC(=O)N1CCC(Nc2nccc(-c3ccc(Cl)cc3)n2)CC1. The van der Waals surface area contributed by atoms with Gasteiger partial charge >= 0.3 is 6.09 Å². The molecule has 0 aliphatic carbocycles. The van der Waals surface area contributed by atoms with Gasteiger partial charge in [-0.25, -0.2) is 14.8 Å². The van der Waals surface area contributed by atoms with Crippen molar-refractivity contribution in [2.24, 2.45) is 0 Å². The molecule has 27 heavy (non-hydrogen) atoms. The molecule has 1 amide bonds. The smallest absolute Gasteiger partial charge is 0.410 e. The number of hydrogen-bond acceptors (Lipinski definition) is 5. The Morgan fingerprint density at radius 2 is 1.85 bits per heavy atom. The molecule has 1 fully saturated rings. The number of ether oxygens (including phenoxy) is 1. The van der Waals surface area contributed by atoms with Gasteiger partial charge in [-0.1, -0.05) is 23.7 Å². The van der Waals surface area contributed by atoms with Gasteiger partial charge < -0.3 is 15.0 Å². The lowest BCUT2D eigenvalue weighted by atomic mass is 10.1. The van der Waals surface area contributed by atoms with Crippen molar-refractivity contribution in [2.45, 2.75) is 45.3 Å². The highest BCUT2D eigenvalue weighted by Gasteiger charge is 2.27. The van der Waals surface area contributed by atoms with Crippen LogP contribution in [-0.4, -0.2) is 45.7 Å². The van der Waals surface area contributed by atoms with Crippen molar-refractivity contribution in [3.8, 4) is 11.3 Å². The highest BCUT2D eigenvalue weighted by molar-refractivity contribution is 6.30. The Morgan fingerprint density at radius 1 is 1.19 bits per heavy atom. The summed E-state index contributed by atoms with van der Waals surface area (Å²) in [6.45, 7) is 6.95. The minimum Gasteiger partial charge on any atom is -0.444 e. The second-order valence-electron chi connectivity index (χ2n) is 7.66. The number of amides is 1. The Bertz CT molecular complexity index is 781. The molecule has 0 atom stereocenters. The van der Waals surface area contributed by atoms with E-state index in [9.17, 15) is 4.79 Å². The molecule has 3 rings (SSSR count). The molecule has 7 heteroatoms. The summed E-state index contributed by atoms with van der Waals surface area (Å²) in [6.07, 6.45) is 3.15. The first-order valence-corrected chi connectivity index (χ1v) is 9.51. The fourth-order valence-corrected chi connectivity index (χ4v) is 3.05. The second kappa shape index (κ2) is 8.13. The zero-order valence-corrected chi connectivity index (χ0v) is 16.7. The molecule has 0 saturated carbocycles. The largest absolute Gasteiger partial charge is 0.444 e. The number of hydrogen-bond donors (Lipinski definition) is 1. The van der Waals surface area contributed by atoms with Gasteiger partial charge in [-0.3, -0.25) is 0 Å². The third kappa shape index (κ3) is 5.57. The van der Waals surface area contributed by atoms with E-state index in [1.165, 1.54) is 0 Å². The van der Waals surface area contributed by atoms with Gasteiger partial charge in [0.25, 0.3) is 0 Å². The number of piperidine rings is 1. The molecule has 1 aliphatic heterocycles. The Kier molecular flexibility index (Phi) is 5.85. The maximum atomic E-state index is 12.2. The van der Waals surface area contributed by atoms with Crippen LogP contribution in [0.15, 0.2) is 36.5 Å². The van der Waals surface area contributed by atoms with Gasteiger partial charge in [0.05, 0.1) is 5.69 Å². The molecule has 2 heterocycles. The molecular formula is C20H25ClN4O2. The van der Waals surface area contributed by atoms with Crippen molar-refractivity contribution in [1.82, 2.24) is 14.9 Å². The average molecular weight is 389 g/mol. The zero-order valence-electron chi connectivity index (χ0n) is 15.9. The van der Waals surface area contributed by atoms with Crippen LogP contribution in [0.3, 0.4) is 0 Å². The predicted molar refractivity (Wildman–Crippen MR) is 107 cm³/mol. The van der Waals surface area contributed by atoms with Crippen molar-refractivity contribution in [3.63, 3.8) is 0 Å². The van der Waals surface area contributed by atoms with Crippen LogP contribution in [0.4, 0.5) is 10.7 Å². The Hall–Kier alpha value is -2.34. The quantitative estimate of drug-likeness (QED) is 0.831. The van der Waals surface area contributed by atoms with Gasteiger partial charge in [-0.2, -0.15) is 0 Å². The summed E-state index contributed by atoms with van der Waals surface area (Å²) < 4.78 is 5.44. The molecule has 0 bridgehead atoms. The maximum Gasteiger partial charge on any atom is 0.410 e. The minimum atomic E-state index is -0.470. The molecule has 1 saturated heterocycles. The number of carbonyl (C=O) groups excluding carboxylic acids is 1. The molecule has 2 aromatic rings. The predicted octanol–water partition coefficient (Wildman–Crippen LogP) is 4.61. The number of halogens is 1. The van der Waals surface area contributed by atoms with E-state index in [2.05, 4.69) is 15.3 Å². The maximum absolute atomic E-state index is 12.2. The van der Waals surface area contributed by atoms with Gasteiger partial charge in [-0.15, -0.1) is 0 Å². The first-order chi connectivity index (χ1) is 12.8. The Morgan fingerprint density at radius 3 is 2.48 bits per heavy atom. The number of nitrogens with one attached hydrogen (secondary N) is 1. The molecule has 0 unspecified atom stereocenters. The van der Waals surface area contributed by atoms with Gasteiger partial charge in [0.2, 0.25) is 5.95 Å². The second-order valence-corrected chi connectivity index (χ2v) is 8.09. The number of nitrogens with zero attached hydrogens (tertiary/aromatic N) is 3. The van der Waals surface area contributed by atoms with E-state index in [1.807, 2.05) is 51.1 Å². The van der Waals surface area contributed by atoms with E-state index in [0.717, 1.165) is 24.1 Å². The lowest BCUT2D eigenvalue weighted by molar-refractivity contribution is 0.0210. The van der Waals surface area contributed by atoms with E-state index in [-0.39, 0.29) is 12.1 Å². The van der Waals surface area contributed by atoms with Gasteiger partial charge in [0, 0.05) is 35.9 Å². The summed E-state index contributed by atoms with van der Waals surface area (Å²) >= 11 is 5.95. The third-order valence-corrected chi connectivity index (χ3v) is 4.53. The normalized spacial score (nSPS) is 15.5. The summed E-state index contributed by atoms with van der Waals surface area (Å²) in [7, 11) is 0. The standard InChI is InChI=1S/C20H25ClN4O2/c1-20(2,3)27-19(26)25-12-9-16(10-13-25)23-18-22-11-8-17(24-18)14-4-6-15(21)7-5-14/h4-8,11,16H,9-10,12-13H2,1-3H3,(H,22,23,24).